The summed E-state index contributed by atoms with van der Waals surface area (Å²) in [4.78, 5) is 14.4. The third-order valence-corrected chi connectivity index (χ3v) is 4.74. The number of carbonyl (C=O) groups is 1. The third kappa shape index (κ3) is 5.48. The van der Waals surface area contributed by atoms with Gasteiger partial charge in [-0.1, -0.05) is 30.3 Å². The molecule has 1 aliphatic heterocycles. The van der Waals surface area contributed by atoms with Crippen molar-refractivity contribution in [1.29, 1.82) is 0 Å². The van der Waals surface area contributed by atoms with Crippen molar-refractivity contribution in [1.82, 2.24) is 10.2 Å². The van der Waals surface area contributed by atoms with E-state index in [4.69, 9.17) is 0 Å². The van der Waals surface area contributed by atoms with Gasteiger partial charge in [-0.05, 0) is 24.1 Å². The lowest BCUT2D eigenvalue weighted by Crippen LogP contribution is -2.52. The van der Waals surface area contributed by atoms with Crippen LogP contribution in [0.1, 0.15) is 12.0 Å². The minimum atomic E-state index is -0.757. The number of nitrogens with zero attached hydrogens (tertiary/aromatic N) is 1. The van der Waals surface area contributed by atoms with E-state index in [0.717, 1.165) is 31.3 Å². The van der Waals surface area contributed by atoms with Crippen LogP contribution in [-0.2, 0) is 6.54 Å². The highest BCUT2D eigenvalue weighted by molar-refractivity contribution is 5.89. The monoisotopic (exact) mass is 375 g/mol. The van der Waals surface area contributed by atoms with Gasteiger partial charge in [-0.2, -0.15) is 0 Å². The third-order valence-electron chi connectivity index (χ3n) is 4.74. The van der Waals surface area contributed by atoms with Gasteiger partial charge in [0.15, 0.2) is 0 Å². The molecule has 0 radical (unpaired) electrons. The molecule has 3 N–H and O–H groups in total. The molecule has 5 nitrogen and oxygen atoms in total. The second-order valence-electron chi connectivity index (χ2n) is 6.82. The first-order valence-electron chi connectivity index (χ1n) is 8.94. The van der Waals surface area contributed by atoms with Crippen LogP contribution in [0.2, 0.25) is 0 Å². The Balaban J connectivity index is 1.55. The van der Waals surface area contributed by atoms with Crippen LogP contribution in [0.15, 0.2) is 48.5 Å². The molecule has 2 amide bonds. The predicted molar refractivity (Wildman–Crippen MR) is 99.2 cm³/mol. The molecule has 3 rings (SSSR count). The molecular weight excluding hydrogens is 352 g/mol. The van der Waals surface area contributed by atoms with E-state index in [0.29, 0.717) is 13.0 Å². The van der Waals surface area contributed by atoms with Crippen molar-refractivity contribution >= 4 is 11.7 Å². The van der Waals surface area contributed by atoms with E-state index in [1.165, 1.54) is 5.56 Å². The van der Waals surface area contributed by atoms with Crippen molar-refractivity contribution in [3.63, 3.8) is 0 Å². The smallest absolute Gasteiger partial charge is 0.319 e. The summed E-state index contributed by atoms with van der Waals surface area (Å²) in [5, 5.41) is 15.0. The molecule has 0 aliphatic carbocycles. The highest BCUT2D eigenvalue weighted by atomic mass is 19.1. The van der Waals surface area contributed by atoms with Gasteiger partial charge in [0.2, 0.25) is 0 Å². The largest absolute Gasteiger partial charge is 0.396 e. The maximum Gasteiger partial charge on any atom is 0.319 e. The van der Waals surface area contributed by atoms with Gasteiger partial charge in [-0.25, -0.2) is 13.6 Å². The number of hydrogen-bond acceptors (Lipinski definition) is 3. The average molecular weight is 375 g/mol. The Kier molecular flexibility index (Phi) is 6.36. The SMILES string of the molecule is O=C(Nc1cc(F)cc(F)c1)N[C@@H]1CCN(Cc2ccccc2)C[C@@H]1CO. The summed E-state index contributed by atoms with van der Waals surface area (Å²) in [6.45, 7) is 2.18. The van der Waals surface area contributed by atoms with Crippen molar-refractivity contribution in [2.75, 3.05) is 25.0 Å². The Morgan fingerprint density at radius 3 is 2.52 bits per heavy atom. The number of carbonyl (C=O) groups excluding carboxylic acids is 1. The van der Waals surface area contributed by atoms with Crippen molar-refractivity contribution in [2.45, 2.75) is 19.0 Å². The summed E-state index contributed by atoms with van der Waals surface area (Å²) < 4.78 is 26.5. The summed E-state index contributed by atoms with van der Waals surface area (Å²) >= 11 is 0. The van der Waals surface area contributed by atoms with Crippen LogP contribution in [-0.4, -0.2) is 41.8 Å². The van der Waals surface area contributed by atoms with Crippen molar-refractivity contribution in [2.24, 2.45) is 5.92 Å². The zero-order valence-corrected chi connectivity index (χ0v) is 14.9. The van der Waals surface area contributed by atoms with Crippen molar-refractivity contribution < 1.29 is 18.7 Å². The fourth-order valence-corrected chi connectivity index (χ4v) is 3.43. The Morgan fingerprint density at radius 2 is 1.85 bits per heavy atom. The lowest BCUT2D eigenvalue weighted by Gasteiger charge is -2.38. The lowest BCUT2D eigenvalue weighted by atomic mass is 9.92. The summed E-state index contributed by atoms with van der Waals surface area (Å²) in [6.07, 6.45) is 0.684. The molecule has 1 aliphatic rings. The molecular formula is C20H23F2N3O2. The van der Waals surface area contributed by atoms with Gasteiger partial charge in [0, 0.05) is 50.0 Å². The van der Waals surface area contributed by atoms with Crippen molar-refractivity contribution in [3.05, 3.63) is 65.7 Å². The normalized spacial score (nSPS) is 20.3. The van der Waals surface area contributed by atoms with Gasteiger partial charge >= 0.3 is 6.03 Å². The zero-order valence-electron chi connectivity index (χ0n) is 14.9. The number of aliphatic hydroxyl groups excluding tert-OH is 1. The first kappa shape index (κ1) is 19.3. The van der Waals surface area contributed by atoms with Crippen LogP contribution in [0.3, 0.4) is 0 Å². The molecule has 0 spiro atoms. The van der Waals surface area contributed by atoms with Gasteiger partial charge in [-0.15, -0.1) is 0 Å². The minimum Gasteiger partial charge on any atom is -0.396 e. The molecule has 1 fully saturated rings. The van der Waals surface area contributed by atoms with E-state index >= 15 is 0 Å². The number of anilines is 1. The fourth-order valence-electron chi connectivity index (χ4n) is 3.43. The molecule has 0 bridgehead atoms. The Hall–Kier alpha value is -2.51. The quantitative estimate of drug-likeness (QED) is 0.753. The molecule has 0 saturated carbocycles. The number of piperidine rings is 1. The minimum absolute atomic E-state index is 0.0482. The van der Waals surface area contributed by atoms with E-state index in [2.05, 4.69) is 27.7 Å². The first-order chi connectivity index (χ1) is 13.0. The Bertz CT molecular complexity index is 753. The van der Waals surface area contributed by atoms with Crippen LogP contribution in [0.25, 0.3) is 0 Å². The second kappa shape index (κ2) is 8.92. The van der Waals surface area contributed by atoms with Gasteiger partial charge in [0.25, 0.3) is 0 Å². The highest BCUT2D eigenvalue weighted by Crippen LogP contribution is 2.20. The molecule has 2 aromatic rings. The average Bonchev–Trinajstić information content (AvgIpc) is 2.63. The summed E-state index contributed by atoms with van der Waals surface area (Å²) in [5.41, 5.74) is 1.25. The predicted octanol–water partition coefficient (Wildman–Crippen LogP) is 2.97. The van der Waals surface area contributed by atoms with Gasteiger partial charge < -0.3 is 15.7 Å². The number of hydrogen-bond donors (Lipinski definition) is 3. The number of rotatable bonds is 5. The van der Waals surface area contributed by atoms with E-state index < -0.39 is 17.7 Å². The van der Waals surface area contributed by atoms with Crippen LogP contribution in [0.5, 0.6) is 0 Å². The molecule has 2 atom stereocenters. The zero-order chi connectivity index (χ0) is 19.2. The summed E-state index contributed by atoms with van der Waals surface area (Å²) in [7, 11) is 0. The summed E-state index contributed by atoms with van der Waals surface area (Å²) in [5.74, 6) is -1.63. The maximum absolute atomic E-state index is 13.2. The van der Waals surface area contributed by atoms with E-state index in [1.807, 2.05) is 18.2 Å². The molecule has 0 aromatic heterocycles. The maximum atomic E-state index is 13.2. The standard InChI is InChI=1S/C20H23F2N3O2/c21-16-8-17(22)10-18(9-16)23-20(27)24-19-6-7-25(12-15(19)13-26)11-14-4-2-1-3-5-14/h1-5,8-10,15,19,26H,6-7,11-13H2,(H2,23,24,27)/t15-,19-/m1/s1. The molecule has 2 aromatic carbocycles. The lowest BCUT2D eigenvalue weighted by molar-refractivity contribution is 0.0895. The van der Waals surface area contributed by atoms with Gasteiger partial charge in [-0.3, -0.25) is 4.90 Å². The number of urea groups is 1. The number of likely N-dealkylation sites (tertiary alicyclic amines) is 1. The van der Waals surface area contributed by atoms with E-state index in [1.54, 1.807) is 0 Å². The number of halogens is 2. The molecule has 1 saturated heterocycles. The first-order valence-corrected chi connectivity index (χ1v) is 8.94. The van der Waals surface area contributed by atoms with Gasteiger partial charge in [0.05, 0.1) is 0 Å². The Labute approximate surface area is 157 Å². The number of benzene rings is 2. The Morgan fingerprint density at radius 1 is 1.15 bits per heavy atom. The summed E-state index contributed by atoms with van der Waals surface area (Å²) in [6, 6.07) is 12.2. The molecule has 7 heteroatoms. The van der Waals surface area contributed by atoms with E-state index in [-0.39, 0.29) is 24.3 Å². The molecule has 1 heterocycles. The highest BCUT2D eigenvalue weighted by Gasteiger charge is 2.30. The van der Waals surface area contributed by atoms with Crippen molar-refractivity contribution in [3.8, 4) is 0 Å². The molecule has 144 valence electrons. The topological polar surface area (TPSA) is 64.6 Å². The van der Waals surface area contributed by atoms with Crippen LogP contribution in [0.4, 0.5) is 19.3 Å². The van der Waals surface area contributed by atoms with Crippen LogP contribution >= 0.6 is 0 Å². The van der Waals surface area contributed by atoms with Gasteiger partial charge in [0.1, 0.15) is 11.6 Å². The van der Waals surface area contributed by atoms with E-state index in [9.17, 15) is 18.7 Å². The van der Waals surface area contributed by atoms with Crippen LogP contribution in [0, 0.1) is 17.6 Å². The number of amides is 2. The van der Waals surface area contributed by atoms with Crippen LogP contribution < -0.4 is 10.6 Å². The molecule has 0 unspecified atom stereocenters. The molecule has 27 heavy (non-hydrogen) atoms. The number of aliphatic hydroxyl groups is 1. The fraction of sp³-hybridized carbons (Fsp3) is 0.350. The number of nitrogens with one attached hydrogen (secondary N) is 2. The second-order valence-corrected chi connectivity index (χ2v) is 6.82.